The summed E-state index contributed by atoms with van der Waals surface area (Å²) in [4.78, 5) is 3.89. The van der Waals surface area contributed by atoms with Crippen molar-refractivity contribution in [1.82, 2.24) is 4.98 Å². The first-order chi connectivity index (χ1) is 6.75. The highest BCUT2D eigenvalue weighted by molar-refractivity contribution is 5.38. The summed E-state index contributed by atoms with van der Waals surface area (Å²) in [7, 11) is 0. The van der Waals surface area contributed by atoms with Gasteiger partial charge in [0.25, 0.3) is 0 Å². The van der Waals surface area contributed by atoms with E-state index in [0.29, 0.717) is 5.56 Å². The lowest BCUT2D eigenvalue weighted by atomic mass is 10.1. The van der Waals surface area contributed by atoms with Gasteiger partial charge in [-0.3, -0.25) is 4.98 Å². The zero-order chi connectivity index (χ0) is 11.6. The molecule has 0 aromatic carbocycles. The highest BCUT2D eigenvalue weighted by Crippen LogP contribution is 2.08. The minimum atomic E-state index is 0.667. The van der Waals surface area contributed by atoms with Gasteiger partial charge in [-0.15, -0.1) is 0 Å². The van der Waals surface area contributed by atoms with Gasteiger partial charge in [0, 0.05) is 12.4 Å². The van der Waals surface area contributed by atoms with Crippen LogP contribution in [0.5, 0.6) is 0 Å². The van der Waals surface area contributed by atoms with Gasteiger partial charge in [-0.1, -0.05) is 27.7 Å². The normalized spacial score (nSPS) is 7.21. The Hall–Kier alpha value is -1.36. The van der Waals surface area contributed by atoms with Crippen LogP contribution in [0.1, 0.15) is 44.4 Å². The summed E-state index contributed by atoms with van der Waals surface area (Å²) in [5.41, 5.74) is 2.76. The van der Waals surface area contributed by atoms with Gasteiger partial charge >= 0.3 is 0 Å². The van der Waals surface area contributed by atoms with Crippen LogP contribution in [0.25, 0.3) is 0 Å². The number of nitriles is 1. The summed E-state index contributed by atoms with van der Waals surface area (Å²) >= 11 is 0. The Balaban J connectivity index is 0. The van der Waals surface area contributed by atoms with Gasteiger partial charge in [0.1, 0.15) is 6.07 Å². The molecule has 2 nitrogen and oxygen atoms in total. The Morgan fingerprint density at radius 3 is 1.93 bits per heavy atom. The molecule has 0 fully saturated rings. The lowest BCUT2D eigenvalue weighted by molar-refractivity contribution is 1.19. The number of aromatic nitrogens is 1. The van der Waals surface area contributed by atoms with Crippen LogP contribution in [-0.2, 0) is 0 Å². The van der Waals surface area contributed by atoms with E-state index in [4.69, 9.17) is 5.26 Å². The number of hydrogen-bond acceptors (Lipinski definition) is 2. The van der Waals surface area contributed by atoms with E-state index < -0.39 is 0 Å². The molecule has 1 heterocycles. The van der Waals surface area contributed by atoms with Crippen LogP contribution in [0.4, 0.5) is 0 Å². The molecule has 14 heavy (non-hydrogen) atoms. The zero-order valence-corrected chi connectivity index (χ0v) is 10.0. The van der Waals surface area contributed by atoms with E-state index >= 15 is 0 Å². The smallest absolute Gasteiger partial charge is 0.101 e. The van der Waals surface area contributed by atoms with Gasteiger partial charge in [-0.25, -0.2) is 0 Å². The maximum atomic E-state index is 8.55. The summed E-state index contributed by atoms with van der Waals surface area (Å²) in [5.74, 6) is 0. The highest BCUT2D eigenvalue weighted by atomic mass is 14.6. The molecule has 0 saturated carbocycles. The predicted octanol–water partition coefficient (Wildman–Crippen LogP) is 3.62. The van der Waals surface area contributed by atoms with Crippen LogP contribution in [0.15, 0.2) is 12.4 Å². The van der Waals surface area contributed by atoms with Crippen molar-refractivity contribution < 1.29 is 0 Å². The highest BCUT2D eigenvalue weighted by Gasteiger charge is 1.97. The van der Waals surface area contributed by atoms with Crippen molar-refractivity contribution in [2.45, 2.75) is 41.5 Å². The minimum Gasteiger partial charge on any atom is -0.263 e. The molecule has 1 aromatic heterocycles. The van der Waals surface area contributed by atoms with Crippen LogP contribution < -0.4 is 0 Å². The Labute approximate surface area is 87.6 Å². The number of aryl methyl sites for hydroxylation is 1. The first-order valence-electron chi connectivity index (χ1n) is 5.07. The summed E-state index contributed by atoms with van der Waals surface area (Å²) in [6, 6.07) is 2.07. The van der Waals surface area contributed by atoms with Crippen molar-refractivity contribution in [3.63, 3.8) is 0 Å². The Kier molecular flexibility index (Phi) is 10.5. The molecule has 1 rings (SSSR count). The minimum absolute atomic E-state index is 0.667. The molecular weight excluding hydrogens is 172 g/mol. The van der Waals surface area contributed by atoms with Crippen molar-refractivity contribution in [1.29, 1.82) is 5.26 Å². The summed E-state index contributed by atoms with van der Waals surface area (Å²) in [6.45, 7) is 11.9. The third-order valence-electron chi connectivity index (χ3n) is 1.59. The summed E-state index contributed by atoms with van der Waals surface area (Å²) in [5, 5.41) is 8.55. The third-order valence-corrected chi connectivity index (χ3v) is 1.59. The maximum absolute atomic E-state index is 8.55. The standard InChI is InChI=1S/C8H8N2.2C2H6/c1-6-4-10-5-8(3-9)7(6)2;2*1-2/h4-5H,1-2H3;2*1-2H3. The molecule has 1 aromatic rings. The Bertz CT molecular complexity index is 285. The first-order valence-corrected chi connectivity index (χ1v) is 5.07. The molecule has 78 valence electrons. The number of pyridine rings is 1. The van der Waals surface area contributed by atoms with Crippen molar-refractivity contribution in [3.8, 4) is 6.07 Å². The number of hydrogen-bond donors (Lipinski definition) is 0. The van der Waals surface area contributed by atoms with Gasteiger partial charge in [-0.2, -0.15) is 5.26 Å². The van der Waals surface area contributed by atoms with E-state index in [9.17, 15) is 0 Å². The molecule has 0 aliphatic carbocycles. The molecule has 0 unspecified atom stereocenters. The second-order valence-electron chi connectivity index (χ2n) is 2.24. The fourth-order valence-corrected chi connectivity index (χ4v) is 0.742. The van der Waals surface area contributed by atoms with Crippen molar-refractivity contribution >= 4 is 0 Å². The molecule has 0 aliphatic heterocycles. The van der Waals surface area contributed by atoms with E-state index in [1.807, 2.05) is 41.5 Å². The molecule has 0 spiro atoms. The van der Waals surface area contributed by atoms with Gasteiger partial charge in [-0.05, 0) is 25.0 Å². The molecule has 0 aliphatic rings. The topological polar surface area (TPSA) is 36.7 Å². The fraction of sp³-hybridized carbons (Fsp3) is 0.500. The lowest BCUT2D eigenvalue weighted by Crippen LogP contribution is -1.87. The Morgan fingerprint density at radius 2 is 1.57 bits per heavy atom. The molecule has 0 N–H and O–H groups in total. The van der Waals surface area contributed by atoms with Crippen molar-refractivity contribution in [2.24, 2.45) is 0 Å². The molecule has 0 saturated heterocycles. The van der Waals surface area contributed by atoms with Gasteiger partial charge < -0.3 is 0 Å². The van der Waals surface area contributed by atoms with E-state index in [2.05, 4.69) is 11.1 Å². The van der Waals surface area contributed by atoms with E-state index in [1.165, 1.54) is 0 Å². The van der Waals surface area contributed by atoms with Crippen molar-refractivity contribution in [2.75, 3.05) is 0 Å². The number of nitrogens with zero attached hydrogens (tertiary/aromatic N) is 2. The maximum Gasteiger partial charge on any atom is 0.101 e. The second-order valence-corrected chi connectivity index (χ2v) is 2.24. The quantitative estimate of drug-likeness (QED) is 0.629. The monoisotopic (exact) mass is 192 g/mol. The van der Waals surface area contributed by atoms with E-state index in [-0.39, 0.29) is 0 Å². The number of rotatable bonds is 0. The molecule has 2 heteroatoms. The van der Waals surface area contributed by atoms with Crippen LogP contribution in [0.2, 0.25) is 0 Å². The SMILES string of the molecule is CC.CC.Cc1cncc(C#N)c1C. The molecule has 0 amide bonds. The zero-order valence-electron chi connectivity index (χ0n) is 10.0. The Morgan fingerprint density at radius 1 is 1.07 bits per heavy atom. The molecule has 0 radical (unpaired) electrons. The average molecular weight is 192 g/mol. The largest absolute Gasteiger partial charge is 0.263 e. The summed E-state index contributed by atoms with van der Waals surface area (Å²) in [6.07, 6.45) is 3.35. The first kappa shape index (κ1) is 15.1. The van der Waals surface area contributed by atoms with E-state index in [0.717, 1.165) is 11.1 Å². The molecule has 0 atom stereocenters. The van der Waals surface area contributed by atoms with Crippen LogP contribution in [-0.4, -0.2) is 4.98 Å². The summed E-state index contributed by atoms with van der Waals surface area (Å²) < 4.78 is 0. The van der Waals surface area contributed by atoms with Crippen LogP contribution in [0.3, 0.4) is 0 Å². The van der Waals surface area contributed by atoms with Crippen LogP contribution >= 0.6 is 0 Å². The second kappa shape index (κ2) is 9.73. The lowest BCUT2D eigenvalue weighted by Gasteiger charge is -1.97. The third kappa shape index (κ3) is 4.61. The van der Waals surface area contributed by atoms with Gasteiger partial charge in [0.05, 0.1) is 5.56 Å². The van der Waals surface area contributed by atoms with Gasteiger partial charge in [0.15, 0.2) is 0 Å². The van der Waals surface area contributed by atoms with Gasteiger partial charge in [0.2, 0.25) is 0 Å². The molecule has 0 bridgehead atoms. The fourth-order valence-electron chi connectivity index (χ4n) is 0.742. The van der Waals surface area contributed by atoms with E-state index in [1.54, 1.807) is 12.4 Å². The van der Waals surface area contributed by atoms with Crippen LogP contribution in [0, 0.1) is 25.2 Å². The van der Waals surface area contributed by atoms with Crippen molar-refractivity contribution in [3.05, 3.63) is 29.1 Å². The predicted molar refractivity (Wildman–Crippen MR) is 61.1 cm³/mol. The average Bonchev–Trinajstić information content (AvgIpc) is 2.28. The molecular formula is C12H20N2.